The quantitative estimate of drug-likeness (QED) is 0.722. The molecule has 0 amide bonds. The summed E-state index contributed by atoms with van der Waals surface area (Å²) < 4.78 is 0. The van der Waals surface area contributed by atoms with Crippen LogP contribution in [0.2, 0.25) is 0 Å². The van der Waals surface area contributed by atoms with Crippen molar-refractivity contribution in [3.63, 3.8) is 0 Å². The lowest BCUT2D eigenvalue weighted by Crippen LogP contribution is -1.85. The standard InChI is InChI=1S/C16H13N3O/c20-11-13-9-8-12-5-1-2-6-14(12)16(13)19-18-15-7-3-4-10-17-15/h1-10,20H,11H2. The first-order valence-corrected chi connectivity index (χ1v) is 6.33. The maximum atomic E-state index is 9.46. The van der Waals surface area contributed by atoms with E-state index in [-0.39, 0.29) is 6.61 Å². The van der Waals surface area contributed by atoms with Gasteiger partial charge < -0.3 is 5.11 Å². The normalized spacial score (nSPS) is 11.2. The molecule has 0 saturated heterocycles. The van der Waals surface area contributed by atoms with Crippen molar-refractivity contribution in [1.82, 2.24) is 4.98 Å². The number of aliphatic hydroxyl groups excluding tert-OH is 1. The van der Waals surface area contributed by atoms with Crippen molar-refractivity contribution in [2.45, 2.75) is 6.61 Å². The highest BCUT2D eigenvalue weighted by Crippen LogP contribution is 2.31. The van der Waals surface area contributed by atoms with E-state index in [4.69, 9.17) is 0 Å². The number of hydrogen-bond acceptors (Lipinski definition) is 4. The zero-order valence-electron chi connectivity index (χ0n) is 10.8. The molecule has 0 aliphatic heterocycles. The van der Waals surface area contributed by atoms with Crippen molar-refractivity contribution in [1.29, 1.82) is 0 Å². The second kappa shape index (κ2) is 5.59. The molecule has 0 bridgehead atoms. The van der Waals surface area contributed by atoms with Gasteiger partial charge in [0.1, 0.15) is 0 Å². The van der Waals surface area contributed by atoms with Gasteiger partial charge in [0.15, 0.2) is 5.82 Å². The number of hydrogen-bond donors (Lipinski definition) is 1. The SMILES string of the molecule is OCc1ccc2ccccc2c1N=Nc1ccccn1. The molecule has 0 aliphatic carbocycles. The molecular formula is C16H13N3O. The third-order valence-corrected chi connectivity index (χ3v) is 3.06. The lowest BCUT2D eigenvalue weighted by Gasteiger charge is -2.06. The number of azo groups is 1. The molecule has 1 N–H and O–H groups in total. The molecule has 3 aromatic rings. The summed E-state index contributed by atoms with van der Waals surface area (Å²) in [4.78, 5) is 4.11. The first kappa shape index (κ1) is 12.4. The molecule has 4 nitrogen and oxygen atoms in total. The number of aromatic nitrogens is 1. The predicted molar refractivity (Wildman–Crippen MR) is 78.3 cm³/mol. The van der Waals surface area contributed by atoms with E-state index in [0.717, 1.165) is 16.3 Å². The third kappa shape index (κ3) is 2.41. The first-order chi connectivity index (χ1) is 9.88. The number of nitrogens with zero attached hydrogens (tertiary/aromatic N) is 3. The molecular weight excluding hydrogens is 250 g/mol. The Morgan fingerprint density at radius 2 is 1.75 bits per heavy atom. The first-order valence-electron chi connectivity index (χ1n) is 6.33. The fourth-order valence-corrected chi connectivity index (χ4v) is 2.06. The van der Waals surface area contributed by atoms with Crippen LogP contribution in [0.25, 0.3) is 10.8 Å². The monoisotopic (exact) mass is 263 g/mol. The molecule has 1 heterocycles. The number of fused-ring (bicyclic) bond motifs is 1. The van der Waals surface area contributed by atoms with Gasteiger partial charge in [-0.1, -0.05) is 42.5 Å². The Labute approximate surface area is 116 Å². The Hall–Kier alpha value is -2.59. The van der Waals surface area contributed by atoms with Gasteiger partial charge in [-0.2, -0.15) is 0 Å². The van der Waals surface area contributed by atoms with Gasteiger partial charge in [0.05, 0.1) is 12.3 Å². The lowest BCUT2D eigenvalue weighted by molar-refractivity contribution is 0.282. The maximum absolute atomic E-state index is 9.46. The molecule has 0 spiro atoms. The Bertz CT molecular complexity index is 754. The number of pyridine rings is 1. The molecule has 3 rings (SSSR count). The van der Waals surface area contributed by atoms with Crippen molar-refractivity contribution in [3.05, 3.63) is 66.4 Å². The van der Waals surface area contributed by atoms with Crippen molar-refractivity contribution in [2.75, 3.05) is 0 Å². The molecule has 0 atom stereocenters. The second-order valence-corrected chi connectivity index (χ2v) is 4.34. The number of rotatable bonds is 3. The maximum Gasteiger partial charge on any atom is 0.174 e. The summed E-state index contributed by atoms with van der Waals surface area (Å²) in [7, 11) is 0. The van der Waals surface area contributed by atoms with E-state index >= 15 is 0 Å². The lowest BCUT2D eigenvalue weighted by atomic mass is 10.0. The number of benzene rings is 2. The van der Waals surface area contributed by atoms with Crippen LogP contribution in [0.3, 0.4) is 0 Å². The van der Waals surface area contributed by atoms with Crippen molar-refractivity contribution in [2.24, 2.45) is 10.2 Å². The van der Waals surface area contributed by atoms with Crippen molar-refractivity contribution in [3.8, 4) is 0 Å². The van der Waals surface area contributed by atoms with E-state index in [1.807, 2.05) is 48.5 Å². The average Bonchev–Trinajstić information content (AvgIpc) is 2.53. The van der Waals surface area contributed by atoms with Gasteiger partial charge in [0.25, 0.3) is 0 Å². The van der Waals surface area contributed by atoms with Gasteiger partial charge in [0, 0.05) is 17.1 Å². The Balaban J connectivity index is 2.12. The van der Waals surface area contributed by atoms with E-state index in [2.05, 4.69) is 15.2 Å². The summed E-state index contributed by atoms with van der Waals surface area (Å²) in [5, 5.41) is 19.9. The van der Waals surface area contributed by atoms with Crippen LogP contribution in [0.4, 0.5) is 11.5 Å². The highest BCUT2D eigenvalue weighted by Gasteiger charge is 2.06. The van der Waals surface area contributed by atoms with Crippen molar-refractivity contribution < 1.29 is 5.11 Å². The van der Waals surface area contributed by atoms with E-state index in [9.17, 15) is 5.11 Å². The van der Waals surface area contributed by atoms with E-state index < -0.39 is 0 Å². The van der Waals surface area contributed by atoms with Crippen LogP contribution < -0.4 is 0 Å². The van der Waals surface area contributed by atoms with Gasteiger partial charge >= 0.3 is 0 Å². The third-order valence-electron chi connectivity index (χ3n) is 3.06. The second-order valence-electron chi connectivity index (χ2n) is 4.34. The molecule has 0 radical (unpaired) electrons. The Kier molecular flexibility index (Phi) is 3.48. The highest BCUT2D eigenvalue weighted by molar-refractivity contribution is 5.93. The van der Waals surface area contributed by atoms with Crippen LogP contribution in [0.1, 0.15) is 5.56 Å². The summed E-state index contributed by atoms with van der Waals surface area (Å²) in [6.45, 7) is -0.0680. The van der Waals surface area contributed by atoms with E-state index in [0.29, 0.717) is 11.5 Å². The molecule has 2 aromatic carbocycles. The van der Waals surface area contributed by atoms with E-state index in [1.54, 1.807) is 12.3 Å². The van der Waals surface area contributed by atoms with Crippen LogP contribution in [0.15, 0.2) is 71.0 Å². The molecule has 4 heteroatoms. The molecule has 0 saturated carbocycles. The van der Waals surface area contributed by atoms with Crippen LogP contribution in [-0.2, 0) is 6.61 Å². The zero-order valence-corrected chi connectivity index (χ0v) is 10.8. The van der Waals surface area contributed by atoms with Gasteiger partial charge in [0.2, 0.25) is 0 Å². The van der Waals surface area contributed by atoms with Crippen molar-refractivity contribution >= 4 is 22.3 Å². The predicted octanol–water partition coefficient (Wildman–Crippen LogP) is 4.14. The topological polar surface area (TPSA) is 57.8 Å². The van der Waals surface area contributed by atoms with E-state index in [1.165, 1.54) is 0 Å². The molecule has 0 fully saturated rings. The smallest absolute Gasteiger partial charge is 0.174 e. The van der Waals surface area contributed by atoms with Gasteiger partial charge in [-0.25, -0.2) is 4.98 Å². The van der Waals surface area contributed by atoms with Crippen LogP contribution in [-0.4, -0.2) is 10.1 Å². The molecule has 0 aliphatic rings. The number of aliphatic hydroxyl groups is 1. The zero-order chi connectivity index (χ0) is 13.8. The van der Waals surface area contributed by atoms with Gasteiger partial charge in [-0.05, 0) is 17.5 Å². The van der Waals surface area contributed by atoms with Crippen LogP contribution in [0.5, 0.6) is 0 Å². The minimum atomic E-state index is -0.0680. The Morgan fingerprint density at radius 1 is 0.900 bits per heavy atom. The Morgan fingerprint density at radius 3 is 2.55 bits per heavy atom. The minimum absolute atomic E-state index is 0.0680. The minimum Gasteiger partial charge on any atom is -0.392 e. The van der Waals surface area contributed by atoms with Gasteiger partial charge in [-0.3, -0.25) is 0 Å². The van der Waals surface area contributed by atoms with Gasteiger partial charge in [-0.15, -0.1) is 10.2 Å². The summed E-state index contributed by atoms with van der Waals surface area (Å²) in [5.74, 6) is 0.546. The van der Waals surface area contributed by atoms with Crippen LogP contribution >= 0.6 is 0 Å². The summed E-state index contributed by atoms with van der Waals surface area (Å²) in [5.41, 5.74) is 1.44. The molecule has 98 valence electrons. The molecule has 20 heavy (non-hydrogen) atoms. The average molecular weight is 263 g/mol. The fraction of sp³-hybridized carbons (Fsp3) is 0.0625. The largest absolute Gasteiger partial charge is 0.392 e. The fourth-order valence-electron chi connectivity index (χ4n) is 2.06. The summed E-state index contributed by atoms with van der Waals surface area (Å²) in [6, 6.07) is 17.2. The summed E-state index contributed by atoms with van der Waals surface area (Å²) in [6.07, 6.45) is 1.67. The summed E-state index contributed by atoms with van der Waals surface area (Å²) >= 11 is 0. The molecule has 0 unspecified atom stereocenters. The molecule has 1 aromatic heterocycles. The highest BCUT2D eigenvalue weighted by atomic mass is 16.3. The van der Waals surface area contributed by atoms with Crippen LogP contribution in [0, 0.1) is 0 Å².